The topological polar surface area (TPSA) is 63.9 Å². The van der Waals surface area contributed by atoms with E-state index in [2.05, 4.69) is 9.97 Å². The van der Waals surface area contributed by atoms with Crippen LogP contribution in [0.2, 0.25) is 0 Å². The third kappa shape index (κ3) is 1.26. The maximum absolute atomic E-state index is 5.55. The average molecular weight is 165 g/mol. The molecule has 4 nitrogen and oxygen atoms in total. The van der Waals surface area contributed by atoms with Crippen molar-refractivity contribution in [3.05, 3.63) is 30.4 Å². The van der Waals surface area contributed by atoms with Gasteiger partial charge in [-0.25, -0.2) is 4.98 Å². The van der Waals surface area contributed by atoms with Crippen molar-refractivity contribution < 1.29 is 4.74 Å². The Bertz CT molecular complexity index is 268. The number of hydrogen-bond acceptors (Lipinski definition) is 3. The van der Waals surface area contributed by atoms with Crippen molar-refractivity contribution in [2.75, 3.05) is 6.54 Å². The van der Waals surface area contributed by atoms with Gasteiger partial charge in [0.2, 0.25) is 0 Å². The largest absolute Gasteiger partial charge is 0.359 e. The summed E-state index contributed by atoms with van der Waals surface area (Å²) >= 11 is 0. The molecule has 2 rings (SSSR count). The molecule has 2 heterocycles. The second-order valence-corrected chi connectivity index (χ2v) is 2.72. The van der Waals surface area contributed by atoms with Gasteiger partial charge in [0.05, 0.1) is 24.3 Å². The molecule has 0 radical (unpaired) electrons. The minimum absolute atomic E-state index is 0.000972. The molecule has 0 saturated heterocycles. The fourth-order valence-electron chi connectivity index (χ4n) is 1.24. The van der Waals surface area contributed by atoms with Crippen molar-refractivity contribution in [1.29, 1.82) is 0 Å². The van der Waals surface area contributed by atoms with Crippen LogP contribution in [0, 0.1) is 0 Å². The quantitative estimate of drug-likeness (QED) is 0.622. The molecule has 1 aliphatic rings. The molecule has 1 aromatic heterocycles. The summed E-state index contributed by atoms with van der Waals surface area (Å²) in [6, 6.07) is 0. The molecular weight excluding hydrogens is 154 g/mol. The number of nitrogens with one attached hydrogen (secondary N) is 1. The molecule has 1 aliphatic heterocycles. The number of ether oxygens (including phenoxy) is 1. The Kier molecular flexibility index (Phi) is 1.93. The molecular formula is C8H11N3O. The SMILES string of the molecule is NC[C@@H]1C=C[C@H](c2cnc[nH]2)O1. The van der Waals surface area contributed by atoms with Gasteiger partial charge in [0.25, 0.3) is 0 Å². The Balaban J connectivity index is 2.06. The average Bonchev–Trinajstić information content (AvgIpc) is 2.75. The smallest absolute Gasteiger partial charge is 0.118 e. The summed E-state index contributed by atoms with van der Waals surface area (Å²) in [7, 11) is 0. The summed E-state index contributed by atoms with van der Waals surface area (Å²) < 4.78 is 5.55. The highest BCUT2D eigenvalue weighted by molar-refractivity contribution is 5.13. The van der Waals surface area contributed by atoms with E-state index in [0.717, 1.165) is 5.69 Å². The lowest BCUT2D eigenvalue weighted by Crippen LogP contribution is -2.18. The van der Waals surface area contributed by atoms with Gasteiger partial charge in [0.15, 0.2) is 0 Å². The maximum atomic E-state index is 5.55. The number of rotatable bonds is 2. The Hall–Kier alpha value is -1.13. The van der Waals surface area contributed by atoms with Gasteiger partial charge in [-0.15, -0.1) is 0 Å². The van der Waals surface area contributed by atoms with E-state index >= 15 is 0 Å². The molecule has 4 heteroatoms. The lowest BCUT2D eigenvalue weighted by Gasteiger charge is -2.10. The lowest BCUT2D eigenvalue weighted by atomic mass is 10.3. The van der Waals surface area contributed by atoms with E-state index in [9.17, 15) is 0 Å². The molecule has 1 aromatic rings. The summed E-state index contributed by atoms with van der Waals surface area (Å²) in [6.45, 7) is 0.529. The summed E-state index contributed by atoms with van der Waals surface area (Å²) in [5.41, 5.74) is 6.42. The van der Waals surface area contributed by atoms with E-state index in [-0.39, 0.29) is 12.2 Å². The molecule has 2 atom stereocenters. The number of H-pyrrole nitrogens is 1. The first-order chi connectivity index (χ1) is 5.90. The van der Waals surface area contributed by atoms with Crippen molar-refractivity contribution >= 4 is 0 Å². The molecule has 0 saturated carbocycles. The molecule has 0 fully saturated rings. The lowest BCUT2D eigenvalue weighted by molar-refractivity contribution is 0.0635. The molecule has 0 unspecified atom stereocenters. The molecule has 0 amide bonds. The van der Waals surface area contributed by atoms with Crippen molar-refractivity contribution in [3.8, 4) is 0 Å². The van der Waals surface area contributed by atoms with Gasteiger partial charge in [0, 0.05) is 6.54 Å². The van der Waals surface area contributed by atoms with Gasteiger partial charge < -0.3 is 15.5 Å². The zero-order chi connectivity index (χ0) is 8.39. The maximum Gasteiger partial charge on any atom is 0.118 e. The fraction of sp³-hybridized carbons (Fsp3) is 0.375. The molecule has 0 aromatic carbocycles. The van der Waals surface area contributed by atoms with Gasteiger partial charge in [-0.2, -0.15) is 0 Å². The number of nitrogens with two attached hydrogens (primary N) is 1. The van der Waals surface area contributed by atoms with Crippen LogP contribution >= 0.6 is 0 Å². The first-order valence-electron chi connectivity index (χ1n) is 3.92. The van der Waals surface area contributed by atoms with E-state index in [1.54, 1.807) is 12.5 Å². The van der Waals surface area contributed by atoms with Gasteiger partial charge in [-0.05, 0) is 0 Å². The second-order valence-electron chi connectivity index (χ2n) is 2.72. The van der Waals surface area contributed by atoms with Gasteiger partial charge in [-0.1, -0.05) is 12.2 Å². The standard InChI is InChI=1S/C8H11N3O/c9-3-6-1-2-8(12-6)7-4-10-5-11-7/h1-2,4-6,8H,3,9H2,(H,10,11)/t6-,8+/m0/s1. The highest BCUT2D eigenvalue weighted by Crippen LogP contribution is 2.23. The van der Waals surface area contributed by atoms with Crippen LogP contribution in [0.25, 0.3) is 0 Å². The van der Waals surface area contributed by atoms with Crippen LogP contribution in [0.15, 0.2) is 24.7 Å². The summed E-state index contributed by atoms with van der Waals surface area (Å²) in [5.74, 6) is 0. The van der Waals surface area contributed by atoms with Crippen LogP contribution in [0.3, 0.4) is 0 Å². The summed E-state index contributed by atoms with van der Waals surface area (Å²) in [5, 5.41) is 0. The van der Waals surface area contributed by atoms with E-state index in [1.807, 2.05) is 12.2 Å². The van der Waals surface area contributed by atoms with Crippen LogP contribution < -0.4 is 5.73 Å². The normalized spacial score (nSPS) is 28.1. The minimum atomic E-state index is 0.000972. The fourth-order valence-corrected chi connectivity index (χ4v) is 1.24. The highest BCUT2D eigenvalue weighted by atomic mass is 16.5. The van der Waals surface area contributed by atoms with Crippen molar-refractivity contribution in [2.24, 2.45) is 5.73 Å². The first-order valence-corrected chi connectivity index (χ1v) is 3.92. The van der Waals surface area contributed by atoms with Crippen LogP contribution in [0.5, 0.6) is 0 Å². The summed E-state index contributed by atoms with van der Waals surface area (Å²) in [4.78, 5) is 6.91. The van der Waals surface area contributed by atoms with E-state index < -0.39 is 0 Å². The zero-order valence-corrected chi connectivity index (χ0v) is 6.60. The van der Waals surface area contributed by atoms with Crippen molar-refractivity contribution in [1.82, 2.24) is 9.97 Å². The molecule has 0 spiro atoms. The zero-order valence-electron chi connectivity index (χ0n) is 6.60. The van der Waals surface area contributed by atoms with Crippen LogP contribution in [0.1, 0.15) is 11.8 Å². The monoisotopic (exact) mass is 165 g/mol. The number of hydrogen-bond donors (Lipinski definition) is 2. The Morgan fingerprint density at radius 2 is 2.50 bits per heavy atom. The number of nitrogens with zero attached hydrogens (tertiary/aromatic N) is 1. The third-order valence-corrected chi connectivity index (χ3v) is 1.88. The van der Waals surface area contributed by atoms with Crippen molar-refractivity contribution in [3.63, 3.8) is 0 Å². The Morgan fingerprint density at radius 1 is 1.58 bits per heavy atom. The summed E-state index contributed by atoms with van der Waals surface area (Å²) in [6.07, 6.45) is 7.42. The van der Waals surface area contributed by atoms with Gasteiger partial charge >= 0.3 is 0 Å². The van der Waals surface area contributed by atoms with Crippen LogP contribution in [0.4, 0.5) is 0 Å². The van der Waals surface area contributed by atoms with E-state index in [4.69, 9.17) is 10.5 Å². The van der Waals surface area contributed by atoms with Gasteiger partial charge in [-0.3, -0.25) is 0 Å². The van der Waals surface area contributed by atoms with Crippen molar-refractivity contribution in [2.45, 2.75) is 12.2 Å². The predicted molar refractivity (Wildman–Crippen MR) is 44.4 cm³/mol. The molecule has 3 N–H and O–H groups in total. The Labute approximate surface area is 70.4 Å². The molecule has 0 aliphatic carbocycles. The number of aromatic amines is 1. The van der Waals surface area contributed by atoms with E-state index in [1.165, 1.54) is 0 Å². The molecule has 12 heavy (non-hydrogen) atoms. The number of imidazole rings is 1. The first kappa shape index (κ1) is 7.52. The van der Waals surface area contributed by atoms with Crippen LogP contribution in [-0.4, -0.2) is 22.6 Å². The highest BCUT2D eigenvalue weighted by Gasteiger charge is 2.19. The van der Waals surface area contributed by atoms with Crippen LogP contribution in [-0.2, 0) is 4.74 Å². The second kappa shape index (κ2) is 3.08. The third-order valence-electron chi connectivity index (χ3n) is 1.88. The predicted octanol–water partition coefficient (Wildman–Crippen LogP) is 0.364. The minimum Gasteiger partial charge on any atom is -0.359 e. The number of aromatic nitrogens is 2. The molecule has 0 bridgehead atoms. The Morgan fingerprint density at radius 3 is 3.08 bits per heavy atom. The molecule has 64 valence electrons. The van der Waals surface area contributed by atoms with E-state index in [0.29, 0.717) is 6.54 Å². The van der Waals surface area contributed by atoms with Gasteiger partial charge in [0.1, 0.15) is 6.10 Å².